The second kappa shape index (κ2) is 7.98. The van der Waals surface area contributed by atoms with Gasteiger partial charge >= 0.3 is 11.9 Å². The van der Waals surface area contributed by atoms with Crippen molar-refractivity contribution in [3.8, 4) is 11.5 Å². The van der Waals surface area contributed by atoms with E-state index in [4.69, 9.17) is 14.2 Å². The molecule has 0 unspecified atom stereocenters. The Balaban J connectivity index is 2.15. The minimum atomic E-state index is -0.551. The van der Waals surface area contributed by atoms with E-state index in [1.165, 1.54) is 0 Å². The van der Waals surface area contributed by atoms with Gasteiger partial charge in [-0.1, -0.05) is 12.1 Å². The van der Waals surface area contributed by atoms with Crippen LogP contribution < -0.4 is 9.47 Å². The molecule has 0 aromatic heterocycles. The second-order valence-electron chi connectivity index (χ2n) is 4.56. The minimum Gasteiger partial charge on any atom is -0.494 e. The van der Waals surface area contributed by atoms with Crippen LogP contribution in [-0.2, 0) is 4.74 Å². The molecule has 5 heteroatoms. The molecule has 2 rings (SSSR count). The molecule has 0 saturated heterocycles. The zero-order valence-electron chi connectivity index (χ0n) is 13.1. The summed E-state index contributed by atoms with van der Waals surface area (Å²) in [5, 5.41) is 0. The van der Waals surface area contributed by atoms with Crippen molar-refractivity contribution >= 4 is 11.9 Å². The molecule has 0 spiro atoms. The van der Waals surface area contributed by atoms with Crippen LogP contribution in [0.25, 0.3) is 0 Å². The van der Waals surface area contributed by atoms with Crippen LogP contribution in [0.2, 0.25) is 0 Å². The van der Waals surface area contributed by atoms with Crippen LogP contribution in [0.5, 0.6) is 11.5 Å². The van der Waals surface area contributed by atoms with Crippen LogP contribution in [-0.4, -0.2) is 25.2 Å². The van der Waals surface area contributed by atoms with Crippen molar-refractivity contribution in [1.29, 1.82) is 0 Å². The zero-order chi connectivity index (χ0) is 16.7. The zero-order valence-corrected chi connectivity index (χ0v) is 13.1. The SMILES string of the molecule is CCOC(=O)c1ccccc1OC(=O)c1ccc(OCC)cc1. The molecule has 0 aliphatic rings. The molecule has 0 aliphatic heterocycles. The molecule has 0 amide bonds. The van der Waals surface area contributed by atoms with Crippen LogP contribution >= 0.6 is 0 Å². The normalized spacial score (nSPS) is 10.0. The van der Waals surface area contributed by atoms with Crippen LogP contribution in [0.1, 0.15) is 34.6 Å². The van der Waals surface area contributed by atoms with Crippen molar-refractivity contribution in [2.24, 2.45) is 0 Å². The number of para-hydroxylation sites is 1. The third-order valence-corrected chi connectivity index (χ3v) is 2.99. The highest BCUT2D eigenvalue weighted by Gasteiger charge is 2.16. The van der Waals surface area contributed by atoms with Gasteiger partial charge < -0.3 is 14.2 Å². The smallest absolute Gasteiger partial charge is 0.343 e. The van der Waals surface area contributed by atoms with E-state index < -0.39 is 11.9 Å². The predicted molar refractivity (Wildman–Crippen MR) is 85.0 cm³/mol. The van der Waals surface area contributed by atoms with Crippen molar-refractivity contribution < 1.29 is 23.8 Å². The highest BCUT2D eigenvalue weighted by molar-refractivity contribution is 5.96. The molecule has 5 nitrogen and oxygen atoms in total. The number of rotatable bonds is 6. The van der Waals surface area contributed by atoms with Crippen LogP contribution in [0.15, 0.2) is 48.5 Å². The summed E-state index contributed by atoms with van der Waals surface area (Å²) in [5.74, 6) is -0.229. The molecule has 0 radical (unpaired) electrons. The summed E-state index contributed by atoms with van der Waals surface area (Å²) < 4.78 is 15.6. The molecule has 0 aliphatic carbocycles. The second-order valence-corrected chi connectivity index (χ2v) is 4.56. The molecule has 0 N–H and O–H groups in total. The number of ether oxygens (including phenoxy) is 3. The van der Waals surface area contributed by atoms with Crippen molar-refractivity contribution in [3.63, 3.8) is 0 Å². The number of hydrogen-bond acceptors (Lipinski definition) is 5. The molecule has 0 heterocycles. The number of carbonyl (C=O) groups excluding carboxylic acids is 2. The van der Waals surface area contributed by atoms with E-state index in [0.717, 1.165) is 0 Å². The molecule has 0 bridgehead atoms. The molecule has 0 saturated carbocycles. The summed E-state index contributed by atoms with van der Waals surface area (Å²) in [4.78, 5) is 24.1. The lowest BCUT2D eigenvalue weighted by Crippen LogP contribution is -2.13. The first-order valence-corrected chi connectivity index (χ1v) is 7.37. The quantitative estimate of drug-likeness (QED) is 0.603. The van der Waals surface area contributed by atoms with E-state index >= 15 is 0 Å². The van der Waals surface area contributed by atoms with Gasteiger partial charge in [-0.05, 0) is 50.2 Å². The van der Waals surface area contributed by atoms with Crippen molar-refractivity contribution in [3.05, 3.63) is 59.7 Å². The predicted octanol–water partition coefficient (Wildman–Crippen LogP) is 3.48. The van der Waals surface area contributed by atoms with E-state index in [9.17, 15) is 9.59 Å². The highest BCUT2D eigenvalue weighted by atomic mass is 16.5. The molecule has 120 valence electrons. The summed E-state index contributed by atoms with van der Waals surface area (Å²) in [7, 11) is 0. The first kappa shape index (κ1) is 16.5. The van der Waals surface area contributed by atoms with Crippen LogP contribution in [0, 0.1) is 0 Å². The van der Waals surface area contributed by atoms with E-state index in [-0.39, 0.29) is 17.9 Å². The Bertz CT molecular complexity index is 676. The summed E-state index contributed by atoms with van der Waals surface area (Å²) in [6.07, 6.45) is 0. The minimum absolute atomic E-state index is 0.171. The molecule has 2 aromatic carbocycles. The van der Waals surface area contributed by atoms with Gasteiger partial charge in [0.2, 0.25) is 0 Å². The van der Waals surface area contributed by atoms with Gasteiger partial charge in [0.05, 0.1) is 18.8 Å². The van der Waals surface area contributed by atoms with E-state index in [1.54, 1.807) is 55.5 Å². The summed E-state index contributed by atoms with van der Waals surface area (Å²) in [6.45, 7) is 4.40. The first-order valence-electron chi connectivity index (χ1n) is 7.37. The topological polar surface area (TPSA) is 61.8 Å². The summed E-state index contributed by atoms with van der Waals surface area (Å²) in [5.41, 5.74) is 0.584. The number of benzene rings is 2. The van der Waals surface area contributed by atoms with Crippen molar-refractivity contribution in [2.45, 2.75) is 13.8 Å². The van der Waals surface area contributed by atoms with Gasteiger partial charge in [0.1, 0.15) is 17.1 Å². The van der Waals surface area contributed by atoms with Crippen molar-refractivity contribution in [1.82, 2.24) is 0 Å². The van der Waals surface area contributed by atoms with Crippen LogP contribution in [0.4, 0.5) is 0 Å². The molecule has 23 heavy (non-hydrogen) atoms. The van der Waals surface area contributed by atoms with Gasteiger partial charge in [-0.15, -0.1) is 0 Å². The van der Waals surface area contributed by atoms with Gasteiger partial charge in [0.25, 0.3) is 0 Å². The molecular weight excluding hydrogens is 296 g/mol. The van der Waals surface area contributed by atoms with E-state index in [2.05, 4.69) is 0 Å². The third kappa shape index (κ3) is 4.32. The maximum absolute atomic E-state index is 12.2. The Morgan fingerprint density at radius 3 is 2.22 bits per heavy atom. The molecule has 2 aromatic rings. The Morgan fingerprint density at radius 2 is 1.57 bits per heavy atom. The first-order chi connectivity index (χ1) is 11.2. The Hall–Kier alpha value is -2.82. The average molecular weight is 314 g/mol. The van der Waals surface area contributed by atoms with Gasteiger partial charge in [0.15, 0.2) is 0 Å². The summed E-state index contributed by atoms with van der Waals surface area (Å²) >= 11 is 0. The van der Waals surface area contributed by atoms with Crippen LogP contribution in [0.3, 0.4) is 0 Å². The Kier molecular flexibility index (Phi) is 5.74. The molecule has 0 fully saturated rings. The molecular formula is C18H18O5. The number of carbonyl (C=O) groups is 2. The van der Waals surface area contributed by atoms with Crippen molar-refractivity contribution in [2.75, 3.05) is 13.2 Å². The number of hydrogen-bond donors (Lipinski definition) is 0. The largest absolute Gasteiger partial charge is 0.494 e. The lowest BCUT2D eigenvalue weighted by Gasteiger charge is -2.09. The molecule has 0 atom stereocenters. The van der Waals surface area contributed by atoms with Gasteiger partial charge in [0, 0.05) is 0 Å². The Labute approximate surface area is 134 Å². The fraction of sp³-hybridized carbons (Fsp3) is 0.222. The Morgan fingerprint density at radius 1 is 0.870 bits per heavy atom. The van der Waals surface area contributed by atoms with Gasteiger partial charge in [-0.3, -0.25) is 0 Å². The fourth-order valence-corrected chi connectivity index (χ4v) is 1.95. The maximum Gasteiger partial charge on any atom is 0.343 e. The van der Waals surface area contributed by atoms with E-state index in [0.29, 0.717) is 17.9 Å². The lowest BCUT2D eigenvalue weighted by molar-refractivity contribution is 0.0520. The van der Waals surface area contributed by atoms with Gasteiger partial charge in [-0.25, -0.2) is 9.59 Å². The third-order valence-electron chi connectivity index (χ3n) is 2.99. The standard InChI is InChI=1S/C18H18O5/c1-3-21-14-11-9-13(10-12-14)17(19)23-16-8-6-5-7-15(16)18(20)22-4-2/h5-12H,3-4H2,1-2H3. The average Bonchev–Trinajstić information content (AvgIpc) is 2.56. The van der Waals surface area contributed by atoms with E-state index in [1.807, 2.05) is 6.92 Å². The monoisotopic (exact) mass is 314 g/mol. The fourth-order valence-electron chi connectivity index (χ4n) is 1.95. The highest BCUT2D eigenvalue weighted by Crippen LogP contribution is 2.21. The summed E-state index contributed by atoms with van der Waals surface area (Å²) in [6, 6.07) is 13.1. The van der Waals surface area contributed by atoms with Gasteiger partial charge in [-0.2, -0.15) is 0 Å². The maximum atomic E-state index is 12.2. The lowest BCUT2D eigenvalue weighted by atomic mass is 10.2. The number of esters is 2.